The second-order valence-corrected chi connectivity index (χ2v) is 7.41. The molecule has 0 aromatic carbocycles. The molecule has 0 aliphatic heterocycles. The Morgan fingerprint density at radius 3 is 2.68 bits per heavy atom. The third-order valence-electron chi connectivity index (χ3n) is 5.46. The smallest absolute Gasteiger partial charge is 0.433 e. The number of alkyl halides is 3. The van der Waals surface area contributed by atoms with Gasteiger partial charge in [-0.05, 0) is 31.4 Å². The van der Waals surface area contributed by atoms with Crippen LogP contribution in [-0.4, -0.2) is 40.6 Å². The van der Waals surface area contributed by atoms with Crippen molar-refractivity contribution in [3.05, 3.63) is 53.6 Å². The highest BCUT2D eigenvalue weighted by Gasteiger charge is 2.32. The lowest BCUT2D eigenvalue weighted by Crippen LogP contribution is -2.16. The fraction of sp³-hybridized carbons (Fsp3) is 0.381. The van der Waals surface area contributed by atoms with Gasteiger partial charge < -0.3 is 19.2 Å². The standard InChI is InChI=1S/C21H21F3N4O3/c1-30-13-7-6-12(8-13)15-11-28-10-14(16(31-2)9-19(28)25-15)20(29)27-18-5-3-4-17(26-18)21(22,23)24/h3-5,9-13H,6-8H2,1-2H3,(H,26,27,29). The van der Waals surface area contributed by atoms with Crippen LogP contribution >= 0.6 is 0 Å². The minimum Gasteiger partial charge on any atom is -0.496 e. The van der Waals surface area contributed by atoms with Crippen molar-refractivity contribution in [2.24, 2.45) is 0 Å². The molecule has 0 radical (unpaired) electrons. The van der Waals surface area contributed by atoms with Crippen molar-refractivity contribution >= 4 is 17.4 Å². The van der Waals surface area contributed by atoms with Crippen LogP contribution in [0.4, 0.5) is 19.0 Å². The van der Waals surface area contributed by atoms with Gasteiger partial charge in [-0.1, -0.05) is 6.07 Å². The fourth-order valence-corrected chi connectivity index (χ4v) is 3.84. The third-order valence-corrected chi connectivity index (χ3v) is 5.46. The van der Waals surface area contributed by atoms with Crippen LogP contribution in [0.3, 0.4) is 0 Å². The predicted octanol–water partition coefficient (Wildman–Crippen LogP) is 4.29. The van der Waals surface area contributed by atoms with Gasteiger partial charge in [-0.25, -0.2) is 9.97 Å². The summed E-state index contributed by atoms with van der Waals surface area (Å²) in [7, 11) is 3.11. The largest absolute Gasteiger partial charge is 0.496 e. The first-order valence-electron chi connectivity index (χ1n) is 9.73. The number of pyridine rings is 2. The number of rotatable bonds is 5. The van der Waals surface area contributed by atoms with Crippen LogP contribution in [-0.2, 0) is 10.9 Å². The summed E-state index contributed by atoms with van der Waals surface area (Å²) in [6.45, 7) is 0. The van der Waals surface area contributed by atoms with Crippen LogP contribution in [0, 0.1) is 0 Å². The number of imidazole rings is 1. The van der Waals surface area contributed by atoms with E-state index >= 15 is 0 Å². The Bertz CT molecular complexity index is 1110. The molecule has 3 aromatic heterocycles. The van der Waals surface area contributed by atoms with Crippen LogP contribution in [0.15, 0.2) is 36.7 Å². The van der Waals surface area contributed by atoms with Crippen molar-refractivity contribution in [2.75, 3.05) is 19.5 Å². The zero-order valence-corrected chi connectivity index (χ0v) is 16.9. The van der Waals surface area contributed by atoms with Crippen LogP contribution in [0.25, 0.3) is 5.65 Å². The Morgan fingerprint density at radius 1 is 1.19 bits per heavy atom. The highest BCUT2D eigenvalue weighted by molar-refractivity contribution is 6.05. The fourth-order valence-electron chi connectivity index (χ4n) is 3.84. The van der Waals surface area contributed by atoms with E-state index in [0.29, 0.717) is 5.65 Å². The number of hydrogen-bond donors (Lipinski definition) is 1. The Hall–Kier alpha value is -3.14. The molecule has 1 aliphatic rings. The number of carbonyl (C=O) groups is 1. The molecule has 2 unspecified atom stereocenters. The molecule has 1 N–H and O–H groups in total. The minimum absolute atomic E-state index is 0.152. The van der Waals surface area contributed by atoms with E-state index in [0.717, 1.165) is 31.0 Å². The van der Waals surface area contributed by atoms with Crippen molar-refractivity contribution < 1.29 is 27.4 Å². The quantitative estimate of drug-likeness (QED) is 0.648. The normalized spacial score (nSPS) is 19.0. The van der Waals surface area contributed by atoms with Crippen LogP contribution in [0.5, 0.6) is 5.75 Å². The van der Waals surface area contributed by atoms with E-state index in [2.05, 4.69) is 15.3 Å². The highest BCUT2D eigenvalue weighted by atomic mass is 19.4. The molecule has 3 aromatic rings. The lowest BCUT2D eigenvalue weighted by Gasteiger charge is -2.11. The molecule has 31 heavy (non-hydrogen) atoms. The third kappa shape index (κ3) is 4.34. The molecule has 4 rings (SSSR count). The molecule has 10 heteroatoms. The summed E-state index contributed by atoms with van der Waals surface area (Å²) < 4.78 is 51.1. The van der Waals surface area contributed by atoms with Crippen LogP contribution in [0.2, 0.25) is 0 Å². The lowest BCUT2D eigenvalue weighted by molar-refractivity contribution is -0.141. The zero-order valence-electron chi connectivity index (χ0n) is 16.9. The topological polar surface area (TPSA) is 77.8 Å². The Balaban J connectivity index is 1.61. The van der Waals surface area contributed by atoms with E-state index in [4.69, 9.17) is 9.47 Å². The molecule has 7 nitrogen and oxygen atoms in total. The van der Waals surface area contributed by atoms with E-state index in [9.17, 15) is 18.0 Å². The predicted molar refractivity (Wildman–Crippen MR) is 106 cm³/mol. The van der Waals surface area contributed by atoms with E-state index < -0.39 is 17.8 Å². The van der Waals surface area contributed by atoms with E-state index in [1.807, 2.05) is 6.20 Å². The first kappa shape index (κ1) is 21.1. The lowest BCUT2D eigenvalue weighted by atomic mass is 10.1. The molecule has 0 saturated heterocycles. The molecular weight excluding hydrogens is 413 g/mol. The number of amides is 1. The zero-order chi connectivity index (χ0) is 22.2. The number of carbonyl (C=O) groups excluding carboxylic acids is 1. The van der Waals surface area contributed by atoms with Gasteiger partial charge in [0.2, 0.25) is 0 Å². The minimum atomic E-state index is -4.60. The summed E-state index contributed by atoms with van der Waals surface area (Å²) in [6.07, 6.45) is 1.83. The van der Waals surface area contributed by atoms with E-state index in [-0.39, 0.29) is 29.2 Å². The SMILES string of the molecule is COc1cc2nc(C3CCC(OC)C3)cn2cc1C(=O)Nc1cccc(C(F)(F)F)n1. The molecule has 0 bridgehead atoms. The maximum absolute atomic E-state index is 12.9. The molecular formula is C21H21F3N4O3. The first-order valence-corrected chi connectivity index (χ1v) is 9.73. The molecule has 1 aliphatic carbocycles. The number of halogens is 3. The average Bonchev–Trinajstić information content (AvgIpc) is 3.38. The highest BCUT2D eigenvalue weighted by Crippen LogP contribution is 2.36. The first-order chi connectivity index (χ1) is 14.8. The number of methoxy groups -OCH3 is 2. The molecule has 2 atom stereocenters. The van der Waals surface area contributed by atoms with Gasteiger partial charge in [-0.2, -0.15) is 13.2 Å². The summed E-state index contributed by atoms with van der Waals surface area (Å²) in [6, 6.07) is 4.94. The second kappa shape index (κ2) is 8.18. The van der Waals surface area contributed by atoms with Gasteiger partial charge in [-0.3, -0.25) is 4.79 Å². The maximum Gasteiger partial charge on any atom is 0.433 e. The Labute approximate surface area is 176 Å². The van der Waals surface area contributed by atoms with Gasteiger partial charge in [0, 0.05) is 31.5 Å². The van der Waals surface area contributed by atoms with E-state index in [1.165, 1.54) is 19.2 Å². The van der Waals surface area contributed by atoms with Crippen LogP contribution < -0.4 is 10.1 Å². The summed E-state index contributed by atoms with van der Waals surface area (Å²) in [5.41, 5.74) is 0.581. The van der Waals surface area contributed by atoms with Crippen molar-refractivity contribution in [3.8, 4) is 5.75 Å². The molecule has 1 saturated carbocycles. The van der Waals surface area contributed by atoms with Crippen LogP contribution in [0.1, 0.15) is 46.9 Å². The summed E-state index contributed by atoms with van der Waals surface area (Å²) in [5.74, 6) is -0.316. The van der Waals surface area contributed by atoms with Gasteiger partial charge >= 0.3 is 6.18 Å². The van der Waals surface area contributed by atoms with E-state index in [1.54, 1.807) is 23.8 Å². The maximum atomic E-state index is 12.9. The number of fused-ring (bicyclic) bond motifs is 1. The Morgan fingerprint density at radius 2 is 2.00 bits per heavy atom. The second-order valence-electron chi connectivity index (χ2n) is 7.41. The molecule has 1 fully saturated rings. The molecule has 0 spiro atoms. The summed E-state index contributed by atoms with van der Waals surface area (Å²) in [4.78, 5) is 20.9. The van der Waals surface area contributed by atoms with Gasteiger partial charge in [0.05, 0.1) is 24.5 Å². The average molecular weight is 434 g/mol. The number of nitrogens with one attached hydrogen (secondary N) is 1. The molecule has 1 amide bonds. The summed E-state index contributed by atoms with van der Waals surface area (Å²) >= 11 is 0. The van der Waals surface area contributed by atoms with Crippen molar-refractivity contribution in [1.82, 2.24) is 14.4 Å². The van der Waals surface area contributed by atoms with Crippen molar-refractivity contribution in [3.63, 3.8) is 0 Å². The number of anilines is 1. The molecule has 3 heterocycles. The van der Waals surface area contributed by atoms with Gasteiger partial charge in [0.1, 0.15) is 22.9 Å². The number of aromatic nitrogens is 3. The van der Waals surface area contributed by atoms with Gasteiger partial charge in [0.25, 0.3) is 5.91 Å². The monoisotopic (exact) mass is 434 g/mol. The van der Waals surface area contributed by atoms with Gasteiger partial charge in [0.15, 0.2) is 0 Å². The van der Waals surface area contributed by atoms with Crippen molar-refractivity contribution in [2.45, 2.75) is 37.5 Å². The number of hydrogen-bond acceptors (Lipinski definition) is 5. The summed E-state index contributed by atoms with van der Waals surface area (Å²) in [5, 5.41) is 2.41. The van der Waals surface area contributed by atoms with Crippen molar-refractivity contribution in [1.29, 1.82) is 0 Å². The molecule has 164 valence electrons. The Kier molecular flexibility index (Phi) is 5.57. The number of nitrogens with zero attached hydrogens (tertiary/aromatic N) is 3. The van der Waals surface area contributed by atoms with Gasteiger partial charge in [-0.15, -0.1) is 0 Å². The number of ether oxygens (including phenoxy) is 2.